The fourth-order valence-electron chi connectivity index (χ4n) is 2.57. The lowest BCUT2D eigenvalue weighted by Gasteiger charge is -2.15. The van der Waals surface area contributed by atoms with E-state index in [1.54, 1.807) is 0 Å². The molecule has 138 valence electrons. The van der Waals surface area contributed by atoms with Crippen molar-refractivity contribution >= 4 is 34.5 Å². The minimum absolute atomic E-state index is 0.508. The van der Waals surface area contributed by atoms with Gasteiger partial charge in [0.15, 0.2) is 11.5 Å². The van der Waals surface area contributed by atoms with Crippen LogP contribution in [0.15, 0.2) is 71.7 Å². The molecule has 0 atom stereocenters. The van der Waals surface area contributed by atoms with Crippen molar-refractivity contribution in [1.82, 2.24) is 0 Å². The fourth-order valence-corrected chi connectivity index (χ4v) is 3.35. The highest BCUT2D eigenvalue weighted by Crippen LogP contribution is 2.34. The van der Waals surface area contributed by atoms with Gasteiger partial charge >= 0.3 is 0 Å². The molecule has 0 aliphatic rings. The number of para-hydroxylation sites is 1. The van der Waals surface area contributed by atoms with E-state index in [1.165, 1.54) is 5.56 Å². The van der Waals surface area contributed by atoms with Crippen molar-refractivity contribution in [3.63, 3.8) is 0 Å². The number of benzene rings is 3. The zero-order valence-electron chi connectivity index (χ0n) is 15.5. The van der Waals surface area contributed by atoms with E-state index in [9.17, 15) is 0 Å². The number of ether oxygens (including phenoxy) is 2. The Morgan fingerprint density at radius 1 is 0.963 bits per heavy atom. The molecule has 0 spiro atoms. The van der Waals surface area contributed by atoms with E-state index in [0.29, 0.717) is 13.2 Å². The van der Waals surface area contributed by atoms with E-state index in [1.807, 2.05) is 49.5 Å². The van der Waals surface area contributed by atoms with Gasteiger partial charge in [0, 0.05) is 6.21 Å². The molecular weight excluding hydrogens is 449 g/mol. The van der Waals surface area contributed by atoms with Gasteiger partial charge in [-0.05, 0) is 71.8 Å². The fraction of sp³-hybridized carbons (Fsp3) is 0.174. The Morgan fingerprint density at radius 2 is 1.70 bits per heavy atom. The SMILES string of the molecule is CCOc1cc(C=Nc2ccccc2)cc(I)c1OCc1ccc(C)cc1. The molecule has 0 radical (unpaired) electrons. The summed E-state index contributed by atoms with van der Waals surface area (Å²) in [6, 6.07) is 22.3. The minimum atomic E-state index is 0.508. The maximum atomic E-state index is 6.09. The van der Waals surface area contributed by atoms with Crippen LogP contribution in [0.3, 0.4) is 0 Å². The summed E-state index contributed by atoms with van der Waals surface area (Å²) >= 11 is 2.29. The van der Waals surface area contributed by atoms with Gasteiger partial charge in [0.1, 0.15) is 6.61 Å². The van der Waals surface area contributed by atoms with Crippen LogP contribution >= 0.6 is 22.6 Å². The van der Waals surface area contributed by atoms with E-state index in [-0.39, 0.29) is 0 Å². The lowest BCUT2D eigenvalue weighted by atomic mass is 10.1. The van der Waals surface area contributed by atoms with Gasteiger partial charge in [0.05, 0.1) is 15.9 Å². The Hall–Kier alpha value is -2.34. The first-order valence-corrected chi connectivity index (χ1v) is 9.97. The topological polar surface area (TPSA) is 30.8 Å². The number of nitrogens with zero attached hydrogens (tertiary/aromatic N) is 1. The Balaban J connectivity index is 1.81. The van der Waals surface area contributed by atoms with Gasteiger partial charge in [-0.25, -0.2) is 0 Å². The maximum Gasteiger partial charge on any atom is 0.175 e. The molecule has 0 aliphatic carbocycles. The van der Waals surface area contributed by atoms with Crippen LogP contribution in [0.25, 0.3) is 0 Å². The molecule has 0 unspecified atom stereocenters. The van der Waals surface area contributed by atoms with Crippen molar-refractivity contribution in [2.45, 2.75) is 20.5 Å². The summed E-state index contributed by atoms with van der Waals surface area (Å²) in [4.78, 5) is 4.53. The molecule has 3 aromatic carbocycles. The first-order valence-electron chi connectivity index (χ1n) is 8.89. The maximum absolute atomic E-state index is 6.09. The van der Waals surface area contributed by atoms with Crippen molar-refractivity contribution in [3.8, 4) is 11.5 Å². The Morgan fingerprint density at radius 3 is 2.41 bits per heavy atom. The number of rotatable bonds is 7. The summed E-state index contributed by atoms with van der Waals surface area (Å²) in [5, 5.41) is 0. The van der Waals surface area contributed by atoms with Gasteiger partial charge in [0.25, 0.3) is 0 Å². The third-order valence-electron chi connectivity index (χ3n) is 3.95. The van der Waals surface area contributed by atoms with E-state index < -0.39 is 0 Å². The van der Waals surface area contributed by atoms with Gasteiger partial charge in [-0.2, -0.15) is 0 Å². The molecule has 3 rings (SSSR count). The van der Waals surface area contributed by atoms with Crippen LogP contribution in [0, 0.1) is 10.5 Å². The largest absolute Gasteiger partial charge is 0.490 e. The molecule has 3 aromatic rings. The second-order valence-corrected chi connectivity index (χ2v) is 7.29. The molecule has 0 bridgehead atoms. The van der Waals surface area contributed by atoms with E-state index in [4.69, 9.17) is 9.47 Å². The molecule has 0 aromatic heterocycles. The summed E-state index contributed by atoms with van der Waals surface area (Å²) in [7, 11) is 0. The van der Waals surface area contributed by atoms with Crippen LogP contribution in [0.2, 0.25) is 0 Å². The van der Waals surface area contributed by atoms with Gasteiger partial charge in [-0.3, -0.25) is 4.99 Å². The quantitative estimate of drug-likeness (QED) is 0.298. The van der Waals surface area contributed by atoms with Crippen LogP contribution in [-0.2, 0) is 6.61 Å². The molecule has 0 heterocycles. The van der Waals surface area contributed by atoms with E-state index >= 15 is 0 Å². The van der Waals surface area contributed by atoms with Crippen molar-refractivity contribution in [2.75, 3.05) is 6.61 Å². The van der Waals surface area contributed by atoms with Crippen molar-refractivity contribution in [3.05, 3.63) is 87.0 Å². The molecule has 0 saturated carbocycles. The smallest absolute Gasteiger partial charge is 0.175 e. The molecule has 0 saturated heterocycles. The lowest BCUT2D eigenvalue weighted by molar-refractivity contribution is 0.267. The predicted molar refractivity (Wildman–Crippen MR) is 120 cm³/mol. The molecule has 0 aliphatic heterocycles. The molecule has 27 heavy (non-hydrogen) atoms. The highest BCUT2D eigenvalue weighted by molar-refractivity contribution is 14.1. The van der Waals surface area contributed by atoms with Crippen molar-refractivity contribution in [2.24, 2.45) is 4.99 Å². The Bertz CT molecular complexity index is 906. The standard InChI is InChI=1S/C23H22INO2/c1-3-26-22-14-19(15-25-20-7-5-4-6-8-20)13-21(24)23(22)27-16-18-11-9-17(2)10-12-18/h4-15H,3,16H2,1-2H3. The van der Waals surface area contributed by atoms with Crippen molar-refractivity contribution < 1.29 is 9.47 Å². The van der Waals surface area contributed by atoms with E-state index in [2.05, 4.69) is 64.8 Å². The van der Waals surface area contributed by atoms with Crippen LogP contribution in [-0.4, -0.2) is 12.8 Å². The zero-order chi connectivity index (χ0) is 19.1. The van der Waals surface area contributed by atoms with Gasteiger partial charge in [0.2, 0.25) is 0 Å². The van der Waals surface area contributed by atoms with Gasteiger partial charge in [-0.15, -0.1) is 0 Å². The number of hydrogen-bond donors (Lipinski definition) is 0. The first-order chi connectivity index (χ1) is 13.2. The molecular formula is C23H22INO2. The summed E-state index contributed by atoms with van der Waals surface area (Å²) in [5.74, 6) is 1.51. The van der Waals surface area contributed by atoms with E-state index in [0.717, 1.165) is 31.9 Å². The van der Waals surface area contributed by atoms with Crippen LogP contribution in [0.4, 0.5) is 5.69 Å². The number of hydrogen-bond acceptors (Lipinski definition) is 3. The number of aryl methyl sites for hydroxylation is 1. The third-order valence-corrected chi connectivity index (χ3v) is 4.76. The van der Waals surface area contributed by atoms with Gasteiger partial charge in [-0.1, -0.05) is 48.0 Å². The predicted octanol–water partition coefficient (Wildman–Crippen LogP) is 6.33. The third kappa shape index (κ3) is 5.57. The van der Waals surface area contributed by atoms with Gasteiger partial charge < -0.3 is 9.47 Å². The normalized spacial score (nSPS) is 10.9. The Labute approximate surface area is 174 Å². The monoisotopic (exact) mass is 471 g/mol. The molecule has 0 N–H and O–H groups in total. The summed E-state index contributed by atoms with van der Waals surface area (Å²) in [6.07, 6.45) is 1.85. The highest BCUT2D eigenvalue weighted by atomic mass is 127. The minimum Gasteiger partial charge on any atom is -0.490 e. The number of halogens is 1. The molecule has 4 heteroatoms. The summed E-state index contributed by atoms with van der Waals surface area (Å²) in [6.45, 7) is 5.14. The lowest BCUT2D eigenvalue weighted by Crippen LogP contribution is -2.02. The molecule has 3 nitrogen and oxygen atoms in total. The molecule has 0 amide bonds. The van der Waals surface area contributed by atoms with Crippen LogP contribution in [0.5, 0.6) is 11.5 Å². The van der Waals surface area contributed by atoms with Crippen LogP contribution in [0.1, 0.15) is 23.6 Å². The number of aliphatic imine (C=N–C) groups is 1. The zero-order valence-corrected chi connectivity index (χ0v) is 17.6. The van der Waals surface area contributed by atoms with Crippen molar-refractivity contribution in [1.29, 1.82) is 0 Å². The Kier molecular flexibility index (Phi) is 6.87. The molecule has 0 fully saturated rings. The first kappa shape index (κ1) is 19.4. The summed E-state index contributed by atoms with van der Waals surface area (Å²) in [5.41, 5.74) is 4.28. The average Bonchev–Trinajstić information content (AvgIpc) is 2.68. The average molecular weight is 471 g/mol. The second-order valence-electron chi connectivity index (χ2n) is 6.13. The summed E-state index contributed by atoms with van der Waals surface area (Å²) < 4.78 is 12.9. The highest BCUT2D eigenvalue weighted by Gasteiger charge is 2.12. The van der Waals surface area contributed by atoms with Crippen LogP contribution < -0.4 is 9.47 Å². The second kappa shape index (κ2) is 9.55.